The zero-order chi connectivity index (χ0) is 16.8. The molecule has 8 nitrogen and oxygen atoms in total. The third-order valence-electron chi connectivity index (χ3n) is 4.18. The summed E-state index contributed by atoms with van der Waals surface area (Å²) in [4.78, 5) is 24.0. The lowest BCUT2D eigenvalue weighted by molar-refractivity contribution is 0.0307. The van der Waals surface area contributed by atoms with Crippen molar-refractivity contribution in [3.8, 4) is 0 Å². The summed E-state index contributed by atoms with van der Waals surface area (Å²) in [5, 5.41) is 14.6. The molecule has 0 aromatic carbocycles. The van der Waals surface area contributed by atoms with Crippen LogP contribution in [-0.2, 0) is 7.05 Å². The van der Waals surface area contributed by atoms with Gasteiger partial charge in [0.1, 0.15) is 5.39 Å². The largest absolute Gasteiger partial charge is 0.389 e. The van der Waals surface area contributed by atoms with Crippen LogP contribution in [0.15, 0.2) is 11.0 Å². The fourth-order valence-corrected chi connectivity index (χ4v) is 3.20. The quantitative estimate of drug-likeness (QED) is 0.823. The Hall–Kier alpha value is -1.93. The van der Waals surface area contributed by atoms with E-state index >= 15 is 0 Å². The lowest BCUT2D eigenvalue weighted by Crippen LogP contribution is -2.55. The Morgan fingerprint density at radius 1 is 1.43 bits per heavy atom. The minimum atomic E-state index is -0.706. The molecule has 8 heteroatoms. The molecule has 2 N–H and O–H groups in total. The van der Waals surface area contributed by atoms with Crippen LogP contribution >= 0.6 is 0 Å². The second kappa shape index (κ2) is 5.61. The van der Waals surface area contributed by atoms with Crippen LogP contribution in [0.4, 0.5) is 5.95 Å². The number of aromatic nitrogens is 4. The molecule has 1 atom stereocenters. The topological polar surface area (TPSA) is 90.3 Å². The van der Waals surface area contributed by atoms with Crippen molar-refractivity contribution in [1.29, 1.82) is 0 Å². The van der Waals surface area contributed by atoms with Crippen molar-refractivity contribution < 1.29 is 5.11 Å². The van der Waals surface area contributed by atoms with E-state index in [2.05, 4.69) is 31.8 Å². The van der Waals surface area contributed by atoms with Gasteiger partial charge in [-0.15, -0.1) is 0 Å². The summed E-state index contributed by atoms with van der Waals surface area (Å²) >= 11 is 0. The Bertz CT molecular complexity index is 759. The summed E-state index contributed by atoms with van der Waals surface area (Å²) < 4.78 is 1.61. The van der Waals surface area contributed by atoms with Crippen molar-refractivity contribution in [2.45, 2.75) is 32.4 Å². The molecule has 2 aromatic rings. The molecule has 1 aliphatic heterocycles. The third-order valence-corrected chi connectivity index (χ3v) is 4.18. The summed E-state index contributed by atoms with van der Waals surface area (Å²) in [5.41, 5.74) is -0.277. The Morgan fingerprint density at radius 2 is 2.17 bits per heavy atom. The number of nitrogens with one attached hydrogen (secondary N) is 1. The maximum Gasteiger partial charge on any atom is 0.263 e. The zero-order valence-electron chi connectivity index (χ0n) is 14.1. The van der Waals surface area contributed by atoms with Gasteiger partial charge in [0.05, 0.1) is 11.8 Å². The number of hydrogen-bond acceptors (Lipinski definition) is 6. The maximum absolute atomic E-state index is 12.2. The summed E-state index contributed by atoms with van der Waals surface area (Å²) in [6, 6.07) is 0.194. The van der Waals surface area contributed by atoms with Gasteiger partial charge in [0, 0.05) is 39.3 Å². The van der Waals surface area contributed by atoms with Crippen LogP contribution in [-0.4, -0.2) is 67.6 Å². The molecule has 0 saturated carbocycles. The van der Waals surface area contributed by atoms with Gasteiger partial charge in [-0.05, 0) is 20.8 Å². The van der Waals surface area contributed by atoms with E-state index in [1.54, 1.807) is 11.7 Å². The molecule has 23 heavy (non-hydrogen) atoms. The average molecular weight is 320 g/mol. The van der Waals surface area contributed by atoms with E-state index in [0.29, 0.717) is 23.5 Å². The van der Waals surface area contributed by atoms with Crippen LogP contribution in [0.2, 0.25) is 0 Å². The minimum absolute atomic E-state index is 0.163. The number of piperazine rings is 1. The Kier molecular flexibility index (Phi) is 3.89. The number of anilines is 1. The van der Waals surface area contributed by atoms with Gasteiger partial charge in [-0.1, -0.05) is 0 Å². The SMILES string of the molecule is CC1CN(CC(C)(C)O)CCN1c1nc2c(cnn2C)c(=O)[nH]1. The van der Waals surface area contributed by atoms with E-state index in [1.807, 2.05) is 13.8 Å². The number of rotatable bonds is 3. The number of aryl methyl sites for hydroxylation is 1. The van der Waals surface area contributed by atoms with Gasteiger partial charge in [-0.25, -0.2) is 0 Å². The third kappa shape index (κ3) is 3.23. The average Bonchev–Trinajstić information content (AvgIpc) is 2.79. The molecular weight excluding hydrogens is 296 g/mol. The molecule has 1 saturated heterocycles. The van der Waals surface area contributed by atoms with Crippen molar-refractivity contribution in [3.63, 3.8) is 0 Å². The first-order valence-electron chi connectivity index (χ1n) is 7.88. The molecule has 0 amide bonds. The van der Waals surface area contributed by atoms with Gasteiger partial charge >= 0.3 is 0 Å². The first-order chi connectivity index (χ1) is 10.7. The highest BCUT2D eigenvalue weighted by Crippen LogP contribution is 2.18. The van der Waals surface area contributed by atoms with Crippen LogP contribution in [0.3, 0.4) is 0 Å². The highest BCUT2D eigenvalue weighted by molar-refractivity contribution is 5.74. The first kappa shape index (κ1) is 15.9. The number of fused-ring (bicyclic) bond motifs is 1. The molecule has 0 bridgehead atoms. The molecule has 3 rings (SSSR count). The van der Waals surface area contributed by atoms with Gasteiger partial charge in [0.15, 0.2) is 5.65 Å². The number of aliphatic hydroxyl groups is 1. The van der Waals surface area contributed by atoms with Crippen LogP contribution < -0.4 is 10.5 Å². The highest BCUT2D eigenvalue weighted by Gasteiger charge is 2.28. The van der Waals surface area contributed by atoms with E-state index in [4.69, 9.17) is 0 Å². The fourth-order valence-electron chi connectivity index (χ4n) is 3.20. The van der Waals surface area contributed by atoms with Gasteiger partial charge in [0.25, 0.3) is 5.56 Å². The standard InChI is InChI=1S/C15H24N6O2/c1-10-8-20(9-15(2,3)23)5-6-21(10)14-17-12-11(13(22)18-14)7-16-19(12)4/h7,10,23H,5-6,8-9H2,1-4H3,(H,17,18,22). The van der Waals surface area contributed by atoms with Crippen LogP contribution in [0, 0.1) is 0 Å². The van der Waals surface area contributed by atoms with Crippen LogP contribution in [0.5, 0.6) is 0 Å². The molecule has 1 fully saturated rings. The predicted octanol–water partition coefficient (Wildman–Crippen LogP) is -0.0620. The van der Waals surface area contributed by atoms with E-state index in [-0.39, 0.29) is 11.6 Å². The van der Waals surface area contributed by atoms with E-state index in [9.17, 15) is 9.90 Å². The van der Waals surface area contributed by atoms with Crippen molar-refractivity contribution in [2.75, 3.05) is 31.1 Å². The summed E-state index contributed by atoms with van der Waals surface area (Å²) in [6.07, 6.45) is 1.54. The van der Waals surface area contributed by atoms with Gasteiger partial charge in [-0.3, -0.25) is 19.4 Å². The minimum Gasteiger partial charge on any atom is -0.389 e. The summed E-state index contributed by atoms with van der Waals surface area (Å²) in [6.45, 7) is 8.76. The lowest BCUT2D eigenvalue weighted by atomic mass is 10.1. The van der Waals surface area contributed by atoms with Crippen LogP contribution in [0.1, 0.15) is 20.8 Å². The maximum atomic E-state index is 12.2. The Labute approximate surface area is 134 Å². The van der Waals surface area contributed by atoms with Gasteiger partial charge in [-0.2, -0.15) is 10.1 Å². The molecule has 1 aliphatic rings. The molecule has 1 unspecified atom stereocenters. The van der Waals surface area contributed by atoms with Crippen molar-refractivity contribution >= 4 is 17.0 Å². The number of H-pyrrole nitrogens is 1. The van der Waals surface area contributed by atoms with E-state index < -0.39 is 5.60 Å². The van der Waals surface area contributed by atoms with Gasteiger partial charge in [0.2, 0.25) is 5.95 Å². The number of aromatic amines is 1. The second-order valence-electron chi connectivity index (χ2n) is 6.98. The number of nitrogens with zero attached hydrogens (tertiary/aromatic N) is 5. The fraction of sp³-hybridized carbons (Fsp3) is 0.667. The Balaban J connectivity index is 1.83. The highest BCUT2D eigenvalue weighted by atomic mass is 16.3. The summed E-state index contributed by atoms with van der Waals surface area (Å²) in [5.74, 6) is 0.585. The first-order valence-corrected chi connectivity index (χ1v) is 7.88. The zero-order valence-corrected chi connectivity index (χ0v) is 14.1. The molecule has 0 radical (unpaired) electrons. The molecule has 3 heterocycles. The van der Waals surface area contributed by atoms with Crippen LogP contribution in [0.25, 0.3) is 11.0 Å². The molecule has 0 aliphatic carbocycles. The molecule has 126 valence electrons. The number of hydrogen-bond donors (Lipinski definition) is 2. The summed E-state index contributed by atoms with van der Waals surface area (Å²) in [7, 11) is 1.78. The smallest absolute Gasteiger partial charge is 0.263 e. The molecule has 2 aromatic heterocycles. The monoisotopic (exact) mass is 320 g/mol. The molecular formula is C15H24N6O2. The lowest BCUT2D eigenvalue weighted by Gasteiger charge is -2.41. The van der Waals surface area contributed by atoms with E-state index in [1.165, 1.54) is 6.20 Å². The normalized spacial score (nSPS) is 20.4. The molecule has 0 spiro atoms. The van der Waals surface area contributed by atoms with E-state index in [0.717, 1.165) is 19.6 Å². The second-order valence-corrected chi connectivity index (χ2v) is 6.98. The van der Waals surface area contributed by atoms with Crippen molar-refractivity contribution in [3.05, 3.63) is 16.6 Å². The van der Waals surface area contributed by atoms with Crippen molar-refractivity contribution in [1.82, 2.24) is 24.6 Å². The van der Waals surface area contributed by atoms with Gasteiger partial charge < -0.3 is 10.0 Å². The predicted molar refractivity (Wildman–Crippen MR) is 88.7 cm³/mol. The van der Waals surface area contributed by atoms with Crippen molar-refractivity contribution in [2.24, 2.45) is 7.05 Å². The number of β-amino-alcohol motifs (C(OH)–C–C–N with tert-alkyl or cyclic N) is 1. The Morgan fingerprint density at radius 3 is 2.83 bits per heavy atom.